The highest BCUT2D eigenvalue weighted by Crippen LogP contribution is 2.45. The number of rotatable bonds is 11. The van der Waals surface area contributed by atoms with Gasteiger partial charge in [0.25, 0.3) is 5.91 Å². The molecule has 0 aliphatic carbocycles. The maximum absolute atomic E-state index is 13.5. The first-order chi connectivity index (χ1) is 18.7. The van der Waals surface area contributed by atoms with Crippen molar-refractivity contribution in [3.8, 4) is 5.75 Å². The summed E-state index contributed by atoms with van der Waals surface area (Å²) in [6, 6.07) is 10.1. The normalized spacial score (nSPS) is 19.3. The Morgan fingerprint density at radius 1 is 1.21 bits per heavy atom. The molecule has 2 aliphatic rings. The summed E-state index contributed by atoms with van der Waals surface area (Å²) >= 11 is 1.62. The van der Waals surface area contributed by atoms with Gasteiger partial charge in [0, 0.05) is 15.9 Å². The summed E-state index contributed by atoms with van der Waals surface area (Å²) in [4.78, 5) is 41.9. The van der Waals surface area contributed by atoms with E-state index >= 15 is 0 Å². The third kappa shape index (κ3) is 6.82. The molecule has 0 bridgehead atoms. The van der Waals surface area contributed by atoms with Gasteiger partial charge < -0.3 is 41.0 Å². The van der Waals surface area contributed by atoms with Gasteiger partial charge in [-0.3, -0.25) is 14.4 Å². The van der Waals surface area contributed by atoms with Crippen molar-refractivity contribution in [3.63, 3.8) is 0 Å². The maximum Gasteiger partial charge on any atom is 0.258 e. The second-order valence-electron chi connectivity index (χ2n) is 9.88. The zero-order valence-corrected chi connectivity index (χ0v) is 22.6. The van der Waals surface area contributed by atoms with Crippen LogP contribution in [0.2, 0.25) is 0 Å². The van der Waals surface area contributed by atoms with Crippen molar-refractivity contribution in [1.82, 2.24) is 10.2 Å². The Kier molecular flexibility index (Phi) is 9.33. The first-order valence-electron chi connectivity index (χ1n) is 12.8. The lowest BCUT2D eigenvalue weighted by Crippen LogP contribution is -2.61. The SMILES string of the molecule is CC(C)C[C@@H](C(N)=O)N(C(=O)[C@H](CO)NC(=O)COc1ccc2c(c1)Nc1ccccc1S2)[C@H]1CCOC1O. The second-order valence-corrected chi connectivity index (χ2v) is 11.0. The average molecular weight is 559 g/mol. The number of amides is 3. The van der Waals surface area contributed by atoms with Gasteiger partial charge in [0.2, 0.25) is 11.8 Å². The quantitative estimate of drug-likeness (QED) is 0.235. The number of carbonyl (C=O) groups excluding carboxylic acids is 3. The van der Waals surface area contributed by atoms with Crippen LogP contribution in [0.4, 0.5) is 11.4 Å². The summed E-state index contributed by atoms with van der Waals surface area (Å²) in [5, 5.41) is 26.1. The van der Waals surface area contributed by atoms with Crippen LogP contribution in [0.5, 0.6) is 5.75 Å². The first kappa shape index (κ1) is 28.7. The number of fused-ring (bicyclic) bond motifs is 2. The number of primary amides is 1. The number of para-hydroxylation sites is 1. The Labute approximate surface area is 231 Å². The van der Waals surface area contributed by atoms with Crippen LogP contribution in [-0.4, -0.2) is 77.1 Å². The van der Waals surface area contributed by atoms with Crippen LogP contribution in [0.3, 0.4) is 0 Å². The monoisotopic (exact) mass is 558 g/mol. The molecule has 210 valence electrons. The Balaban J connectivity index is 1.42. The van der Waals surface area contributed by atoms with E-state index in [1.807, 2.05) is 44.2 Å². The molecule has 3 amide bonds. The molecule has 0 radical (unpaired) electrons. The molecule has 2 aliphatic heterocycles. The molecule has 1 unspecified atom stereocenters. The van der Waals surface area contributed by atoms with Crippen molar-refractivity contribution in [2.45, 2.75) is 60.9 Å². The number of carbonyl (C=O) groups is 3. The summed E-state index contributed by atoms with van der Waals surface area (Å²) in [6.45, 7) is 2.80. The highest BCUT2D eigenvalue weighted by molar-refractivity contribution is 7.99. The Bertz CT molecular complexity index is 1210. The Hall–Kier alpha value is -3.32. The Morgan fingerprint density at radius 3 is 2.62 bits per heavy atom. The van der Waals surface area contributed by atoms with Gasteiger partial charge in [-0.15, -0.1) is 0 Å². The van der Waals surface area contributed by atoms with E-state index in [-0.39, 0.29) is 25.4 Å². The number of benzene rings is 2. The van der Waals surface area contributed by atoms with Crippen LogP contribution in [0, 0.1) is 5.92 Å². The van der Waals surface area contributed by atoms with Crippen LogP contribution in [0.1, 0.15) is 26.7 Å². The topological polar surface area (TPSA) is 163 Å². The molecule has 11 nitrogen and oxygen atoms in total. The predicted molar refractivity (Wildman–Crippen MR) is 144 cm³/mol. The van der Waals surface area contributed by atoms with E-state index < -0.39 is 55.4 Å². The van der Waals surface area contributed by atoms with Gasteiger partial charge in [0.1, 0.15) is 17.8 Å². The smallest absolute Gasteiger partial charge is 0.258 e. The van der Waals surface area contributed by atoms with Crippen molar-refractivity contribution in [1.29, 1.82) is 0 Å². The molecular formula is C27H34N4O7S. The molecule has 6 N–H and O–H groups in total. The number of nitrogens with one attached hydrogen (secondary N) is 2. The zero-order chi connectivity index (χ0) is 28.1. The number of nitrogens with zero attached hydrogens (tertiary/aromatic N) is 1. The molecule has 39 heavy (non-hydrogen) atoms. The number of nitrogens with two attached hydrogens (primary N) is 1. The van der Waals surface area contributed by atoms with Crippen LogP contribution in [0.15, 0.2) is 52.3 Å². The van der Waals surface area contributed by atoms with E-state index in [4.69, 9.17) is 15.2 Å². The molecule has 2 aromatic carbocycles. The average Bonchev–Trinajstić information content (AvgIpc) is 3.33. The molecule has 0 aromatic heterocycles. The number of hydrogen-bond donors (Lipinski definition) is 5. The van der Waals surface area contributed by atoms with Gasteiger partial charge in [-0.05, 0) is 43.0 Å². The Morgan fingerprint density at radius 2 is 1.95 bits per heavy atom. The zero-order valence-electron chi connectivity index (χ0n) is 21.8. The van der Waals surface area contributed by atoms with Gasteiger partial charge in [0.05, 0.1) is 30.6 Å². The predicted octanol–water partition coefficient (Wildman–Crippen LogP) is 1.59. The third-order valence-electron chi connectivity index (χ3n) is 6.52. The van der Waals surface area contributed by atoms with Crippen molar-refractivity contribution in [2.75, 3.05) is 25.1 Å². The minimum Gasteiger partial charge on any atom is -0.484 e. The minimum atomic E-state index is -1.37. The number of ether oxygens (including phenoxy) is 2. The summed E-state index contributed by atoms with van der Waals surface area (Å²) in [6.07, 6.45) is -0.794. The van der Waals surface area contributed by atoms with Crippen LogP contribution in [0.25, 0.3) is 0 Å². The lowest BCUT2D eigenvalue weighted by molar-refractivity contribution is -0.156. The highest BCUT2D eigenvalue weighted by atomic mass is 32.2. The summed E-state index contributed by atoms with van der Waals surface area (Å²) in [7, 11) is 0. The molecule has 0 spiro atoms. The van der Waals surface area contributed by atoms with Crippen LogP contribution >= 0.6 is 11.8 Å². The molecule has 12 heteroatoms. The van der Waals surface area contributed by atoms with Crippen LogP contribution < -0.4 is 21.1 Å². The van der Waals surface area contributed by atoms with E-state index in [2.05, 4.69) is 10.6 Å². The van der Waals surface area contributed by atoms with E-state index in [1.165, 1.54) is 0 Å². The second kappa shape index (κ2) is 12.7. The van der Waals surface area contributed by atoms with Gasteiger partial charge in [-0.2, -0.15) is 0 Å². The molecule has 1 saturated heterocycles. The number of aliphatic hydroxyl groups excluding tert-OH is 2. The fourth-order valence-corrected chi connectivity index (χ4v) is 5.63. The summed E-state index contributed by atoms with van der Waals surface area (Å²) in [5.74, 6) is -1.68. The number of aliphatic hydroxyl groups is 2. The van der Waals surface area contributed by atoms with Crippen LogP contribution in [-0.2, 0) is 19.1 Å². The largest absolute Gasteiger partial charge is 0.484 e. The lowest BCUT2D eigenvalue weighted by Gasteiger charge is -2.38. The standard InChI is InChI=1S/C27H34N4O7S/c1-15(2)11-21(25(28)34)31(20-9-10-37-27(20)36)26(35)19(13-32)30-24(33)14-38-16-7-8-23-18(12-16)29-17-5-3-4-6-22(17)39-23/h3-8,12,15,19-21,27,29,32,36H,9-11,13-14H2,1-2H3,(H2,28,34)(H,30,33)/t19-,20-,21-,27?/m0/s1. The fourth-order valence-electron chi connectivity index (χ4n) is 4.66. The molecule has 1 fully saturated rings. The summed E-state index contributed by atoms with van der Waals surface area (Å²) in [5.41, 5.74) is 7.45. The van der Waals surface area contributed by atoms with Gasteiger partial charge in [-0.25, -0.2) is 0 Å². The number of anilines is 2. The van der Waals surface area contributed by atoms with Crippen molar-refractivity contribution in [2.24, 2.45) is 11.7 Å². The highest BCUT2D eigenvalue weighted by Gasteiger charge is 2.43. The number of hydrogen-bond acceptors (Lipinski definition) is 9. The van der Waals surface area contributed by atoms with Crippen molar-refractivity contribution < 1.29 is 34.1 Å². The van der Waals surface area contributed by atoms with Gasteiger partial charge in [0.15, 0.2) is 12.9 Å². The summed E-state index contributed by atoms with van der Waals surface area (Å²) < 4.78 is 10.9. The third-order valence-corrected chi connectivity index (χ3v) is 7.67. The van der Waals surface area contributed by atoms with E-state index in [0.717, 1.165) is 26.1 Å². The molecule has 0 saturated carbocycles. The van der Waals surface area contributed by atoms with Crippen molar-refractivity contribution in [3.05, 3.63) is 42.5 Å². The van der Waals surface area contributed by atoms with E-state index in [1.54, 1.807) is 23.9 Å². The molecule has 4 atom stereocenters. The van der Waals surface area contributed by atoms with Gasteiger partial charge in [-0.1, -0.05) is 37.7 Å². The van der Waals surface area contributed by atoms with E-state index in [9.17, 15) is 24.6 Å². The maximum atomic E-state index is 13.5. The van der Waals surface area contributed by atoms with E-state index in [0.29, 0.717) is 5.75 Å². The van der Waals surface area contributed by atoms with Gasteiger partial charge >= 0.3 is 0 Å². The first-order valence-corrected chi connectivity index (χ1v) is 13.6. The van der Waals surface area contributed by atoms with Crippen molar-refractivity contribution >= 4 is 40.9 Å². The fraction of sp³-hybridized carbons (Fsp3) is 0.444. The lowest BCUT2D eigenvalue weighted by atomic mass is 9.98. The minimum absolute atomic E-state index is 0.00539. The molecular weight excluding hydrogens is 524 g/mol. The molecule has 4 rings (SSSR count). The molecule has 2 aromatic rings. The molecule has 2 heterocycles.